The van der Waals surface area contributed by atoms with E-state index in [1.807, 2.05) is 142 Å². The van der Waals surface area contributed by atoms with E-state index in [0.717, 1.165) is 50.4 Å². The number of hydrogen-bond donors (Lipinski definition) is 4. The molecule has 52 heavy (non-hydrogen) atoms. The highest BCUT2D eigenvalue weighted by atomic mass is 16.5. The fourth-order valence-corrected chi connectivity index (χ4v) is 4.36. The van der Waals surface area contributed by atoms with Crippen LogP contribution in [0.15, 0.2) is 66.7 Å². The molecular formula is C45H73NO6. The lowest BCUT2D eigenvalue weighted by Gasteiger charge is -2.14. The molecule has 0 fully saturated rings. The summed E-state index contributed by atoms with van der Waals surface area (Å²) in [5.74, 6) is 2.66. The smallest absolute Gasteiger partial charge is 0.303 e. The van der Waals surface area contributed by atoms with Crippen LogP contribution in [0.1, 0.15) is 128 Å². The molecule has 0 heterocycles. The van der Waals surface area contributed by atoms with Gasteiger partial charge in [0, 0.05) is 13.0 Å². The molecule has 0 spiro atoms. The number of hydrogen-bond acceptors (Lipinski definition) is 6. The Balaban J connectivity index is -0.000000347. The van der Waals surface area contributed by atoms with Gasteiger partial charge in [-0.1, -0.05) is 107 Å². The SMILES string of the molecule is CC.CC.CC.CC.CC.CC.Cc1cc(CN)cc(C)c1Oc1ccc(O)cc1.Cc1cc(Oc2c(C)cc(CCC(=O)O)cc2C)ccc1O. The molecule has 0 aromatic heterocycles. The highest BCUT2D eigenvalue weighted by molar-refractivity contribution is 5.67. The van der Waals surface area contributed by atoms with E-state index in [-0.39, 0.29) is 17.9 Å². The van der Waals surface area contributed by atoms with Crippen molar-refractivity contribution in [1.29, 1.82) is 0 Å². The minimum atomic E-state index is -0.796. The average molecular weight is 724 g/mol. The second-order valence-electron chi connectivity index (χ2n) is 9.86. The number of ether oxygens (including phenoxy) is 2. The molecule has 0 unspecified atom stereocenters. The van der Waals surface area contributed by atoms with Crippen LogP contribution in [-0.2, 0) is 17.8 Å². The average Bonchev–Trinajstić information content (AvgIpc) is 3.17. The molecule has 0 atom stereocenters. The summed E-state index contributed by atoms with van der Waals surface area (Å²) in [4.78, 5) is 10.7. The van der Waals surface area contributed by atoms with Crippen LogP contribution in [0.4, 0.5) is 0 Å². The summed E-state index contributed by atoms with van der Waals surface area (Å²) in [5.41, 5.74) is 12.5. The van der Waals surface area contributed by atoms with Crippen molar-refractivity contribution in [3.05, 3.63) is 106 Å². The van der Waals surface area contributed by atoms with E-state index in [9.17, 15) is 15.0 Å². The van der Waals surface area contributed by atoms with Crippen molar-refractivity contribution in [2.24, 2.45) is 5.73 Å². The third-order valence-electron chi connectivity index (χ3n) is 6.35. The Kier molecular flexibility index (Phi) is 35.1. The van der Waals surface area contributed by atoms with Crippen LogP contribution in [-0.4, -0.2) is 21.3 Å². The van der Waals surface area contributed by atoms with Gasteiger partial charge < -0.3 is 30.5 Å². The van der Waals surface area contributed by atoms with E-state index >= 15 is 0 Å². The Morgan fingerprint density at radius 2 is 0.904 bits per heavy atom. The third kappa shape index (κ3) is 21.0. The van der Waals surface area contributed by atoms with Gasteiger partial charge in [-0.2, -0.15) is 0 Å². The highest BCUT2D eigenvalue weighted by Crippen LogP contribution is 2.33. The first-order valence-electron chi connectivity index (χ1n) is 19.0. The second kappa shape index (κ2) is 33.6. The summed E-state index contributed by atoms with van der Waals surface area (Å²) >= 11 is 0. The first kappa shape index (κ1) is 54.3. The number of phenols is 2. The lowest BCUT2D eigenvalue weighted by molar-refractivity contribution is -0.136. The first-order valence-corrected chi connectivity index (χ1v) is 19.0. The van der Waals surface area contributed by atoms with E-state index in [2.05, 4.69) is 0 Å². The van der Waals surface area contributed by atoms with Gasteiger partial charge in [0.2, 0.25) is 0 Å². The minimum Gasteiger partial charge on any atom is -0.508 e. The number of carboxylic acids is 1. The van der Waals surface area contributed by atoms with Gasteiger partial charge in [0.25, 0.3) is 0 Å². The van der Waals surface area contributed by atoms with Crippen molar-refractivity contribution in [2.75, 3.05) is 0 Å². The van der Waals surface area contributed by atoms with Gasteiger partial charge in [0.1, 0.15) is 34.5 Å². The van der Waals surface area contributed by atoms with Crippen LogP contribution in [0.3, 0.4) is 0 Å². The maximum Gasteiger partial charge on any atom is 0.303 e. The predicted molar refractivity (Wildman–Crippen MR) is 225 cm³/mol. The molecule has 4 aromatic rings. The highest BCUT2D eigenvalue weighted by Gasteiger charge is 2.10. The van der Waals surface area contributed by atoms with Crippen molar-refractivity contribution in [3.63, 3.8) is 0 Å². The van der Waals surface area contributed by atoms with E-state index in [0.29, 0.717) is 24.5 Å². The van der Waals surface area contributed by atoms with Crippen LogP contribution in [0.5, 0.6) is 34.5 Å². The summed E-state index contributed by atoms with van der Waals surface area (Å²) in [7, 11) is 0. The van der Waals surface area contributed by atoms with Crippen LogP contribution in [0, 0.1) is 34.6 Å². The summed E-state index contributed by atoms with van der Waals surface area (Å²) < 4.78 is 11.8. The molecule has 0 radical (unpaired) electrons. The van der Waals surface area contributed by atoms with Crippen molar-refractivity contribution in [2.45, 2.75) is 137 Å². The molecule has 0 saturated carbocycles. The molecule has 7 heteroatoms. The zero-order chi connectivity index (χ0) is 41.4. The number of rotatable bonds is 8. The number of aliphatic carboxylic acids is 1. The Morgan fingerprint density at radius 3 is 1.27 bits per heavy atom. The number of benzene rings is 4. The van der Waals surface area contributed by atoms with Gasteiger partial charge >= 0.3 is 5.97 Å². The second-order valence-corrected chi connectivity index (χ2v) is 9.86. The van der Waals surface area contributed by atoms with E-state index in [1.54, 1.807) is 42.5 Å². The molecule has 0 aliphatic carbocycles. The molecule has 0 saturated heterocycles. The lowest BCUT2D eigenvalue weighted by Crippen LogP contribution is -1.99. The van der Waals surface area contributed by atoms with Gasteiger partial charge in [-0.3, -0.25) is 4.79 Å². The zero-order valence-corrected chi connectivity index (χ0v) is 35.6. The van der Waals surface area contributed by atoms with E-state index < -0.39 is 5.97 Å². The molecule has 4 rings (SSSR count). The van der Waals surface area contributed by atoms with E-state index in [4.69, 9.17) is 20.3 Å². The van der Waals surface area contributed by atoms with Crippen molar-refractivity contribution in [3.8, 4) is 34.5 Å². The first-order chi connectivity index (χ1) is 25.0. The quantitative estimate of drug-likeness (QED) is 0.143. The molecule has 0 aliphatic heterocycles. The number of aromatic hydroxyl groups is 2. The molecule has 0 bridgehead atoms. The number of aryl methyl sites for hydroxylation is 6. The van der Waals surface area contributed by atoms with Crippen molar-refractivity contribution < 1.29 is 29.6 Å². The van der Waals surface area contributed by atoms with Gasteiger partial charge in [0.15, 0.2) is 0 Å². The molecule has 4 aromatic carbocycles. The summed E-state index contributed by atoms with van der Waals surface area (Å²) in [6.07, 6.45) is 0.631. The molecule has 294 valence electrons. The fraction of sp³-hybridized carbons (Fsp3) is 0.444. The normalized spacial score (nSPS) is 8.73. The Labute approximate surface area is 317 Å². The maximum absolute atomic E-state index is 10.7. The molecule has 0 amide bonds. The van der Waals surface area contributed by atoms with Gasteiger partial charge in [0.05, 0.1) is 0 Å². The lowest BCUT2D eigenvalue weighted by atomic mass is 10.0. The molecule has 5 N–H and O–H groups in total. The van der Waals surface area contributed by atoms with Crippen molar-refractivity contribution >= 4 is 5.97 Å². The van der Waals surface area contributed by atoms with E-state index in [1.165, 1.54) is 0 Å². The molecule has 7 nitrogen and oxygen atoms in total. The fourth-order valence-electron chi connectivity index (χ4n) is 4.36. The largest absolute Gasteiger partial charge is 0.508 e. The summed E-state index contributed by atoms with van der Waals surface area (Å²) in [5, 5.41) is 27.6. The monoisotopic (exact) mass is 724 g/mol. The summed E-state index contributed by atoms with van der Waals surface area (Å²) in [6, 6.07) is 19.8. The van der Waals surface area contributed by atoms with Crippen molar-refractivity contribution in [1.82, 2.24) is 0 Å². The number of carboxylic acid groups (broad SMARTS) is 1. The standard InChI is InChI=1S/C18H20O4.C15H17NO2.6C2H6/c1-11-10-15(5-6-16(11)19)22-18-12(2)8-14(9-13(18)3)4-7-17(20)21;1-10-7-12(9-16)8-11(2)15(10)18-14-5-3-13(17)4-6-14;6*1-2/h5-6,8-10,19H,4,7H2,1-3H3,(H,20,21);3-8,17H,9,16H2,1-2H3;6*1-2H3. The molecule has 0 aliphatic rings. The minimum absolute atomic E-state index is 0.121. The van der Waals surface area contributed by atoms with Gasteiger partial charge in [-0.15, -0.1) is 0 Å². The number of carbonyl (C=O) groups is 1. The Hall–Kier alpha value is -4.49. The zero-order valence-electron chi connectivity index (χ0n) is 35.6. The Morgan fingerprint density at radius 1 is 0.538 bits per heavy atom. The third-order valence-corrected chi connectivity index (χ3v) is 6.35. The van der Waals surface area contributed by atoms with Crippen LogP contribution in [0.2, 0.25) is 0 Å². The Bertz CT molecular complexity index is 1430. The predicted octanol–water partition coefficient (Wildman–Crippen LogP) is 13.5. The van der Waals surface area contributed by atoms with Crippen LogP contribution < -0.4 is 15.2 Å². The maximum atomic E-state index is 10.7. The number of nitrogens with two attached hydrogens (primary N) is 1. The van der Waals surface area contributed by atoms with Gasteiger partial charge in [-0.25, -0.2) is 0 Å². The molecular weight excluding hydrogens is 650 g/mol. The topological polar surface area (TPSA) is 122 Å². The summed E-state index contributed by atoms with van der Waals surface area (Å²) in [6.45, 7) is 34.2. The van der Waals surface area contributed by atoms with Gasteiger partial charge in [-0.05, 0) is 122 Å². The van der Waals surface area contributed by atoms with Crippen LogP contribution >= 0.6 is 0 Å². The number of phenolic OH excluding ortho intramolecular Hbond substituents is 2. The van der Waals surface area contributed by atoms with Crippen LogP contribution in [0.25, 0.3) is 0 Å².